The van der Waals surface area contributed by atoms with Crippen LogP contribution >= 0.6 is 0 Å². The number of amides is 3. The van der Waals surface area contributed by atoms with E-state index in [1.54, 1.807) is 29.2 Å². The third-order valence-corrected chi connectivity index (χ3v) is 5.31. The van der Waals surface area contributed by atoms with Gasteiger partial charge >= 0.3 is 6.03 Å². The summed E-state index contributed by atoms with van der Waals surface area (Å²) >= 11 is 0. The number of aryl methyl sites for hydroxylation is 1. The number of carbonyl (C=O) groups is 2. The molecule has 172 valence electrons. The number of hydrogen-bond acceptors (Lipinski definition) is 5. The Balaban J connectivity index is 1.32. The van der Waals surface area contributed by atoms with Crippen LogP contribution in [0.4, 0.5) is 16.2 Å². The van der Waals surface area contributed by atoms with E-state index in [0.717, 1.165) is 44.1 Å². The quantitative estimate of drug-likeness (QED) is 0.516. The molecule has 0 unspecified atom stereocenters. The molecule has 1 aromatic heterocycles. The van der Waals surface area contributed by atoms with Crippen LogP contribution in [0, 0.1) is 6.92 Å². The van der Waals surface area contributed by atoms with Gasteiger partial charge in [0.2, 0.25) is 0 Å². The zero-order chi connectivity index (χ0) is 23.0. The van der Waals surface area contributed by atoms with E-state index in [4.69, 9.17) is 4.74 Å². The lowest BCUT2D eigenvalue weighted by Gasteiger charge is -2.26. The van der Waals surface area contributed by atoms with Gasteiger partial charge in [-0.15, -0.1) is 0 Å². The largest absolute Gasteiger partial charge is 0.379 e. The highest BCUT2D eigenvalue weighted by molar-refractivity contribution is 5.99. The lowest BCUT2D eigenvalue weighted by molar-refractivity contribution is 0.0383. The molecule has 2 heterocycles. The van der Waals surface area contributed by atoms with Crippen LogP contribution in [0.1, 0.15) is 15.9 Å². The average Bonchev–Trinajstić information content (AvgIpc) is 3.28. The highest BCUT2D eigenvalue weighted by Crippen LogP contribution is 2.15. The summed E-state index contributed by atoms with van der Waals surface area (Å²) < 4.78 is 6.96. The molecule has 1 saturated heterocycles. The molecular weight excluding hydrogens is 420 g/mol. The first-order valence-corrected chi connectivity index (χ1v) is 10.9. The van der Waals surface area contributed by atoms with Gasteiger partial charge in [0.25, 0.3) is 5.91 Å². The predicted molar refractivity (Wildman–Crippen MR) is 127 cm³/mol. The summed E-state index contributed by atoms with van der Waals surface area (Å²) in [5.74, 6) is -0.131. The first kappa shape index (κ1) is 22.5. The van der Waals surface area contributed by atoms with Crippen molar-refractivity contribution in [3.63, 3.8) is 0 Å². The molecule has 0 bridgehead atoms. The average molecular weight is 449 g/mol. The number of ether oxygens (including phenoxy) is 1. The Kier molecular flexibility index (Phi) is 7.33. The predicted octanol–water partition coefficient (Wildman–Crippen LogP) is 2.89. The molecule has 9 heteroatoms. The van der Waals surface area contributed by atoms with Gasteiger partial charge in [0.15, 0.2) is 0 Å². The molecule has 1 fully saturated rings. The van der Waals surface area contributed by atoms with Crippen molar-refractivity contribution < 1.29 is 14.3 Å². The van der Waals surface area contributed by atoms with E-state index < -0.39 is 0 Å². The lowest BCUT2D eigenvalue weighted by Crippen LogP contribution is -2.41. The third kappa shape index (κ3) is 6.41. The maximum absolute atomic E-state index is 12.6. The first-order chi connectivity index (χ1) is 16.1. The fourth-order valence-corrected chi connectivity index (χ4v) is 3.59. The van der Waals surface area contributed by atoms with E-state index in [-0.39, 0.29) is 11.9 Å². The van der Waals surface area contributed by atoms with Crippen molar-refractivity contribution in [2.45, 2.75) is 6.92 Å². The van der Waals surface area contributed by atoms with Crippen molar-refractivity contribution in [1.82, 2.24) is 20.0 Å². The van der Waals surface area contributed by atoms with Gasteiger partial charge in [0, 0.05) is 37.4 Å². The van der Waals surface area contributed by atoms with Gasteiger partial charge < -0.3 is 20.7 Å². The van der Waals surface area contributed by atoms with Crippen molar-refractivity contribution in [3.05, 3.63) is 72.1 Å². The molecule has 1 aliphatic heterocycles. The van der Waals surface area contributed by atoms with Gasteiger partial charge in [-0.25, -0.2) is 9.48 Å². The van der Waals surface area contributed by atoms with Crippen LogP contribution in [0.2, 0.25) is 0 Å². The molecule has 2 aromatic carbocycles. The first-order valence-electron chi connectivity index (χ1n) is 10.9. The monoisotopic (exact) mass is 448 g/mol. The van der Waals surface area contributed by atoms with Crippen LogP contribution in [0.25, 0.3) is 5.69 Å². The second-order valence-electron chi connectivity index (χ2n) is 7.88. The second-order valence-corrected chi connectivity index (χ2v) is 7.88. The fraction of sp³-hybridized carbons (Fsp3) is 0.292. The number of aromatic nitrogens is 2. The second kappa shape index (κ2) is 10.8. The third-order valence-electron chi connectivity index (χ3n) is 5.31. The highest BCUT2D eigenvalue weighted by Gasteiger charge is 2.12. The minimum absolute atomic E-state index is 0.131. The Bertz CT molecular complexity index is 1110. The molecule has 0 radical (unpaired) electrons. The normalized spacial score (nSPS) is 14.0. The van der Waals surface area contributed by atoms with Gasteiger partial charge in [-0.3, -0.25) is 9.69 Å². The minimum Gasteiger partial charge on any atom is -0.379 e. The molecule has 0 saturated carbocycles. The summed E-state index contributed by atoms with van der Waals surface area (Å²) in [5, 5.41) is 12.8. The molecule has 4 rings (SSSR count). The molecule has 0 spiro atoms. The Morgan fingerprint density at radius 3 is 2.64 bits per heavy atom. The zero-order valence-electron chi connectivity index (χ0n) is 18.6. The number of rotatable bonds is 7. The summed E-state index contributed by atoms with van der Waals surface area (Å²) in [4.78, 5) is 27.1. The number of hydrogen-bond donors (Lipinski definition) is 3. The molecule has 3 N–H and O–H groups in total. The summed E-state index contributed by atoms with van der Waals surface area (Å²) in [7, 11) is 0. The van der Waals surface area contributed by atoms with Crippen molar-refractivity contribution in [1.29, 1.82) is 0 Å². The molecule has 0 aliphatic carbocycles. The van der Waals surface area contributed by atoms with Crippen molar-refractivity contribution in [3.8, 4) is 5.69 Å². The fourth-order valence-electron chi connectivity index (χ4n) is 3.59. The zero-order valence-corrected chi connectivity index (χ0v) is 18.6. The highest BCUT2D eigenvalue weighted by atomic mass is 16.5. The van der Waals surface area contributed by atoms with Crippen LogP contribution in [-0.4, -0.2) is 66.0 Å². The number of benzene rings is 2. The van der Waals surface area contributed by atoms with Crippen LogP contribution in [0.3, 0.4) is 0 Å². The van der Waals surface area contributed by atoms with Crippen LogP contribution in [-0.2, 0) is 4.74 Å². The standard InChI is InChI=1S/C24H28N6O3/c1-18-4-2-6-20(14-18)27-24(32)28-21-16-26-30(17-21)22-7-3-5-19(15-22)23(31)25-8-9-29-10-12-33-13-11-29/h2-7,14-17H,8-13H2,1H3,(H,25,31)(H2,27,28,32). The van der Waals surface area contributed by atoms with Crippen molar-refractivity contribution >= 4 is 23.3 Å². The van der Waals surface area contributed by atoms with Gasteiger partial charge in [-0.2, -0.15) is 5.10 Å². The number of carbonyl (C=O) groups excluding carboxylic acids is 2. The van der Waals surface area contributed by atoms with Crippen LogP contribution in [0.5, 0.6) is 0 Å². The van der Waals surface area contributed by atoms with Gasteiger partial charge in [0.1, 0.15) is 0 Å². The Morgan fingerprint density at radius 1 is 1.03 bits per heavy atom. The summed E-state index contributed by atoms with van der Waals surface area (Å²) in [6, 6.07) is 14.4. The molecule has 1 aliphatic rings. The van der Waals surface area contributed by atoms with Gasteiger partial charge in [0.05, 0.1) is 37.0 Å². The number of urea groups is 1. The van der Waals surface area contributed by atoms with E-state index in [2.05, 4.69) is 25.9 Å². The molecule has 3 aromatic rings. The lowest BCUT2D eigenvalue weighted by atomic mass is 10.2. The molecule has 0 atom stereocenters. The maximum atomic E-state index is 12.6. The van der Waals surface area contributed by atoms with Crippen LogP contribution < -0.4 is 16.0 Å². The summed E-state index contributed by atoms with van der Waals surface area (Å²) in [6.45, 7) is 6.61. The smallest absolute Gasteiger partial charge is 0.323 e. The van der Waals surface area contributed by atoms with E-state index in [0.29, 0.717) is 23.5 Å². The van der Waals surface area contributed by atoms with E-state index in [1.807, 2.05) is 43.3 Å². The SMILES string of the molecule is Cc1cccc(NC(=O)Nc2cnn(-c3cccc(C(=O)NCCN4CCOCC4)c3)c2)c1. The van der Waals surface area contributed by atoms with Crippen molar-refractivity contribution in [2.75, 3.05) is 50.0 Å². The van der Waals surface area contributed by atoms with Gasteiger partial charge in [-0.1, -0.05) is 18.2 Å². The number of nitrogens with zero attached hydrogens (tertiary/aromatic N) is 3. The topological polar surface area (TPSA) is 101 Å². The maximum Gasteiger partial charge on any atom is 0.323 e. The Morgan fingerprint density at radius 2 is 1.82 bits per heavy atom. The number of anilines is 2. The molecule has 33 heavy (non-hydrogen) atoms. The molecule has 3 amide bonds. The number of nitrogens with one attached hydrogen (secondary N) is 3. The van der Waals surface area contributed by atoms with E-state index in [9.17, 15) is 9.59 Å². The molecule has 9 nitrogen and oxygen atoms in total. The van der Waals surface area contributed by atoms with E-state index in [1.165, 1.54) is 0 Å². The summed E-state index contributed by atoms with van der Waals surface area (Å²) in [6.07, 6.45) is 3.26. The van der Waals surface area contributed by atoms with Crippen LogP contribution in [0.15, 0.2) is 60.9 Å². The van der Waals surface area contributed by atoms with E-state index >= 15 is 0 Å². The Hall–Kier alpha value is -3.69. The minimum atomic E-state index is -0.353. The van der Waals surface area contributed by atoms with Gasteiger partial charge in [-0.05, 0) is 42.8 Å². The molecular formula is C24H28N6O3. The Labute approximate surface area is 192 Å². The van der Waals surface area contributed by atoms with Crippen molar-refractivity contribution in [2.24, 2.45) is 0 Å². The number of morpholine rings is 1. The summed E-state index contributed by atoms with van der Waals surface area (Å²) in [5.41, 5.74) is 3.60.